The Morgan fingerprint density at radius 2 is 1.13 bits per heavy atom. The number of aliphatic hydroxyl groups is 2. The number of benzene rings is 2. The lowest BCUT2D eigenvalue weighted by atomic mass is 9.98. The van der Waals surface area contributed by atoms with Gasteiger partial charge in [-0.15, -0.1) is 0 Å². The number of unbranched alkanes of at least 4 members (excludes halogenated alkanes) is 1. The molecular weight excluding hydrogens is 700 g/mol. The Balaban J connectivity index is 1.53. The maximum absolute atomic E-state index is 12.9. The summed E-state index contributed by atoms with van der Waals surface area (Å²) in [7, 11) is 1.63. The second kappa shape index (κ2) is 28.4. The molecule has 0 bridgehead atoms. The van der Waals surface area contributed by atoms with E-state index >= 15 is 0 Å². The van der Waals surface area contributed by atoms with E-state index in [1.54, 1.807) is 7.11 Å². The zero-order valence-electron chi connectivity index (χ0n) is 32.0. The van der Waals surface area contributed by atoms with Gasteiger partial charge in [0.2, 0.25) is 0 Å². The highest BCUT2D eigenvalue weighted by molar-refractivity contribution is 5.79. The van der Waals surface area contributed by atoms with Crippen molar-refractivity contribution in [2.24, 2.45) is 0 Å². The van der Waals surface area contributed by atoms with Gasteiger partial charge >= 0.3 is 6.09 Å². The number of fused-ring (bicyclic) bond motifs is 3. The number of quaternary nitrogens is 1. The van der Waals surface area contributed by atoms with Crippen molar-refractivity contribution >= 4 is 12.4 Å². The summed E-state index contributed by atoms with van der Waals surface area (Å²) in [6, 6.07) is 15.6. The van der Waals surface area contributed by atoms with Crippen molar-refractivity contribution in [1.29, 1.82) is 0 Å². The van der Waals surface area contributed by atoms with Gasteiger partial charge in [0.25, 0.3) is 0 Å². The molecule has 0 spiro atoms. The second-order valence-electron chi connectivity index (χ2n) is 13.1. The molecule has 1 aliphatic carbocycles. The normalized spacial score (nSPS) is 13.1. The number of alkyl carbamates (subject to hydrolysis) is 1. The van der Waals surface area contributed by atoms with Crippen molar-refractivity contribution in [3.63, 3.8) is 0 Å². The van der Waals surface area contributed by atoms with Gasteiger partial charge in [-0.05, 0) is 41.5 Å². The highest BCUT2D eigenvalue weighted by Crippen LogP contribution is 2.44. The van der Waals surface area contributed by atoms with E-state index in [4.69, 9.17) is 48.1 Å². The molecule has 1 aliphatic rings. The van der Waals surface area contributed by atoms with Gasteiger partial charge < -0.3 is 62.7 Å². The third kappa shape index (κ3) is 17.2. The zero-order valence-corrected chi connectivity index (χ0v) is 32.0. The highest BCUT2D eigenvalue weighted by Gasteiger charge is 2.30. The first-order valence-corrected chi connectivity index (χ1v) is 19.2. The highest BCUT2D eigenvalue weighted by atomic mass is 16.6. The summed E-state index contributed by atoms with van der Waals surface area (Å²) in [5.41, 5.74) is 4.56. The van der Waals surface area contributed by atoms with Crippen molar-refractivity contribution < 1.29 is 62.2 Å². The molecule has 0 fully saturated rings. The smallest absolute Gasteiger partial charge is 0.407 e. The third-order valence-corrected chi connectivity index (χ3v) is 9.36. The van der Waals surface area contributed by atoms with Crippen molar-refractivity contribution in [3.05, 3.63) is 59.7 Å². The summed E-state index contributed by atoms with van der Waals surface area (Å²) < 4.78 is 45.3. The van der Waals surface area contributed by atoms with Gasteiger partial charge in [-0.25, -0.2) is 4.79 Å². The Morgan fingerprint density at radius 1 is 0.667 bits per heavy atom. The molecule has 0 radical (unpaired) electrons. The summed E-state index contributed by atoms with van der Waals surface area (Å²) in [4.78, 5) is 24.9. The molecule has 2 aromatic rings. The van der Waals surface area contributed by atoms with Gasteiger partial charge in [-0.1, -0.05) is 48.5 Å². The monoisotopic (exact) mass is 763 g/mol. The number of rotatable bonds is 34. The molecule has 0 aliphatic heterocycles. The Morgan fingerprint density at radius 3 is 1.61 bits per heavy atom. The standard InChI is InChI=1S/C40H62N2O12/c1-47-24-25-53-31-28-50-21-16-42(14-19-48-26-29-51-22-17-43,15-20-49-27-30-52-23-18-44)13-7-6-8-34(32-45)41-40(46)54-33-39-37-11-4-2-9-35(37)36-10-3-5-12-38(36)39/h2-5,9-12,32,34,39,43-44H,6-8,13-31,33H2,1H3/p+1/t34-/m0/s1. The Kier molecular flexibility index (Phi) is 23.9. The van der Waals surface area contributed by atoms with Gasteiger partial charge in [0, 0.05) is 13.0 Å². The summed E-state index contributed by atoms with van der Waals surface area (Å²) in [5.74, 6) is -0.0648. The van der Waals surface area contributed by atoms with E-state index in [9.17, 15) is 9.59 Å². The average Bonchev–Trinajstić information content (AvgIpc) is 3.51. The van der Waals surface area contributed by atoms with Crippen LogP contribution in [0.3, 0.4) is 0 Å². The first kappa shape index (κ1) is 45.4. The van der Waals surface area contributed by atoms with Crippen LogP contribution in [-0.4, -0.2) is 172 Å². The van der Waals surface area contributed by atoms with Gasteiger partial charge in [0.05, 0.1) is 112 Å². The Bertz CT molecular complexity index is 1220. The van der Waals surface area contributed by atoms with Gasteiger partial charge in [0.15, 0.2) is 0 Å². The predicted molar refractivity (Wildman–Crippen MR) is 203 cm³/mol. The number of carbonyl (C=O) groups excluding carboxylic acids is 2. The Labute approximate surface area is 320 Å². The first-order chi connectivity index (χ1) is 26.6. The maximum Gasteiger partial charge on any atom is 0.407 e. The van der Waals surface area contributed by atoms with E-state index in [0.29, 0.717) is 110 Å². The van der Waals surface area contributed by atoms with E-state index < -0.39 is 12.1 Å². The van der Waals surface area contributed by atoms with Crippen molar-refractivity contribution in [2.75, 3.05) is 139 Å². The molecular formula is C40H63N2O12+. The number of aliphatic hydroxyl groups excluding tert-OH is 2. The number of nitrogens with zero attached hydrogens (tertiary/aromatic N) is 1. The molecule has 14 heteroatoms. The van der Waals surface area contributed by atoms with E-state index in [1.807, 2.05) is 24.3 Å². The molecule has 0 saturated heterocycles. The third-order valence-electron chi connectivity index (χ3n) is 9.36. The number of hydrogen-bond donors (Lipinski definition) is 3. The number of methoxy groups -OCH3 is 1. The fourth-order valence-electron chi connectivity index (χ4n) is 6.46. The lowest BCUT2D eigenvalue weighted by Crippen LogP contribution is -2.54. The second-order valence-corrected chi connectivity index (χ2v) is 13.1. The zero-order chi connectivity index (χ0) is 38.5. The number of hydrogen-bond acceptors (Lipinski definition) is 12. The molecule has 3 rings (SSSR count). The topological polar surface area (TPSA) is 160 Å². The van der Waals surface area contributed by atoms with Crippen molar-refractivity contribution in [1.82, 2.24) is 5.32 Å². The first-order valence-electron chi connectivity index (χ1n) is 19.2. The van der Waals surface area contributed by atoms with Crippen LogP contribution in [0.4, 0.5) is 4.79 Å². The summed E-state index contributed by atoms with van der Waals surface area (Å²) in [5, 5.41) is 20.7. The van der Waals surface area contributed by atoms with Crippen LogP contribution in [0.2, 0.25) is 0 Å². The fourth-order valence-corrected chi connectivity index (χ4v) is 6.46. The summed E-state index contributed by atoms with van der Waals surface area (Å²) in [6.45, 7) is 8.62. The molecule has 304 valence electrons. The quantitative estimate of drug-likeness (QED) is 0.0545. The fraction of sp³-hybridized carbons (Fsp3) is 0.650. The number of amides is 1. The minimum atomic E-state index is -0.673. The lowest BCUT2D eigenvalue weighted by molar-refractivity contribution is -0.929. The molecule has 0 unspecified atom stereocenters. The molecule has 3 N–H and O–H groups in total. The van der Waals surface area contributed by atoms with Crippen LogP contribution in [0, 0.1) is 0 Å². The summed E-state index contributed by atoms with van der Waals surface area (Å²) >= 11 is 0. The molecule has 2 aromatic carbocycles. The van der Waals surface area contributed by atoms with E-state index in [1.165, 1.54) is 0 Å². The van der Waals surface area contributed by atoms with Crippen molar-refractivity contribution in [3.8, 4) is 11.1 Å². The number of ether oxygens (including phenoxy) is 8. The van der Waals surface area contributed by atoms with Crippen LogP contribution in [0.25, 0.3) is 11.1 Å². The molecule has 0 aromatic heterocycles. The van der Waals surface area contributed by atoms with Gasteiger partial charge in [-0.3, -0.25) is 0 Å². The molecule has 0 heterocycles. The number of nitrogens with one attached hydrogen (secondary N) is 1. The van der Waals surface area contributed by atoms with Crippen LogP contribution in [0.1, 0.15) is 36.3 Å². The molecule has 1 amide bonds. The van der Waals surface area contributed by atoms with Gasteiger partial charge in [0.1, 0.15) is 32.5 Å². The van der Waals surface area contributed by atoms with Crippen LogP contribution in [0.5, 0.6) is 0 Å². The number of aldehydes is 1. The van der Waals surface area contributed by atoms with Gasteiger partial charge in [-0.2, -0.15) is 0 Å². The minimum Gasteiger partial charge on any atom is -0.449 e. The van der Waals surface area contributed by atoms with Crippen LogP contribution in [-0.2, 0) is 42.7 Å². The minimum absolute atomic E-state index is 0.0331. The lowest BCUT2D eigenvalue weighted by Gasteiger charge is -2.39. The molecule has 54 heavy (non-hydrogen) atoms. The van der Waals surface area contributed by atoms with Crippen LogP contribution in [0.15, 0.2) is 48.5 Å². The molecule has 14 nitrogen and oxygen atoms in total. The van der Waals surface area contributed by atoms with E-state index in [0.717, 1.165) is 41.5 Å². The molecule has 1 atom stereocenters. The van der Waals surface area contributed by atoms with Crippen molar-refractivity contribution in [2.45, 2.75) is 31.2 Å². The SMILES string of the molecule is COCCOCCOCC[N+](CCCC[C@@H](C=O)NC(=O)OCC1c2ccccc2-c2ccccc21)(CCOCCOCCO)CCOCCOCCO. The maximum atomic E-state index is 12.9. The summed E-state index contributed by atoms with van der Waals surface area (Å²) in [6.07, 6.45) is 2.12. The largest absolute Gasteiger partial charge is 0.449 e. The van der Waals surface area contributed by atoms with E-state index in [-0.39, 0.29) is 39.0 Å². The van der Waals surface area contributed by atoms with E-state index in [2.05, 4.69) is 29.6 Å². The Hall–Kier alpha value is -3.02. The van der Waals surface area contributed by atoms with Crippen LogP contribution >= 0.6 is 0 Å². The van der Waals surface area contributed by atoms with Crippen LogP contribution < -0.4 is 5.32 Å². The molecule has 0 saturated carbocycles. The average molecular weight is 764 g/mol. The number of carbonyl (C=O) groups is 2. The predicted octanol–water partition coefficient (Wildman–Crippen LogP) is 2.81.